The summed E-state index contributed by atoms with van der Waals surface area (Å²) in [5.41, 5.74) is 0.351. The Kier molecular flexibility index (Phi) is 9.20. The van der Waals surface area contributed by atoms with Crippen LogP contribution in [0.1, 0.15) is 26.7 Å². The minimum Gasteiger partial charge on any atom is -0.494 e. The summed E-state index contributed by atoms with van der Waals surface area (Å²) in [6, 6.07) is 11.6. The molecule has 0 bridgehead atoms. The van der Waals surface area contributed by atoms with Gasteiger partial charge in [-0.1, -0.05) is 0 Å². The average molecular weight is 540 g/mol. The Hall–Kier alpha value is -2.83. The Morgan fingerprint density at radius 1 is 0.972 bits per heavy atom. The van der Waals surface area contributed by atoms with Gasteiger partial charge < -0.3 is 14.8 Å². The van der Waals surface area contributed by atoms with Crippen molar-refractivity contribution < 1.29 is 31.1 Å². The molecule has 0 radical (unpaired) electrons. The molecule has 36 heavy (non-hydrogen) atoms. The van der Waals surface area contributed by atoms with Gasteiger partial charge in [0.2, 0.25) is 26.0 Å². The highest BCUT2D eigenvalue weighted by molar-refractivity contribution is 7.92. The van der Waals surface area contributed by atoms with E-state index in [0.29, 0.717) is 36.9 Å². The number of nitrogens with one attached hydrogen (secondary N) is 1. The number of anilines is 1. The monoisotopic (exact) mass is 539 g/mol. The highest BCUT2D eigenvalue weighted by atomic mass is 32.2. The Morgan fingerprint density at radius 3 is 2.08 bits per heavy atom. The summed E-state index contributed by atoms with van der Waals surface area (Å²) in [4.78, 5) is 12.9. The molecule has 0 spiro atoms. The molecule has 1 N–H and O–H groups in total. The van der Waals surface area contributed by atoms with Crippen LogP contribution in [0.4, 0.5) is 5.69 Å². The third kappa shape index (κ3) is 6.89. The summed E-state index contributed by atoms with van der Waals surface area (Å²) >= 11 is 0. The number of carbonyl (C=O) groups excluding carboxylic acids is 1. The second-order valence-corrected chi connectivity index (χ2v) is 12.2. The number of hydrogen-bond donors (Lipinski definition) is 1. The second kappa shape index (κ2) is 11.9. The first-order valence-corrected chi connectivity index (χ1v) is 15.1. The molecule has 2 aromatic rings. The first-order chi connectivity index (χ1) is 17.0. The van der Waals surface area contributed by atoms with E-state index in [2.05, 4.69) is 5.32 Å². The van der Waals surface area contributed by atoms with Crippen molar-refractivity contribution in [1.82, 2.24) is 9.62 Å². The standard InChI is InChI=1S/C24H33N3O7S2/c1-4-33-21-9-7-20(8-10-21)27(35(3,29)30)19(2)24(28)25-15-18-34-22-11-13-23(14-12-22)36(31,32)26-16-5-6-17-26/h7-14,19H,4-6,15-18H2,1-3H3,(H,25,28)/t19-/m0/s1. The molecule has 1 amide bonds. The molecule has 0 unspecified atom stereocenters. The first-order valence-electron chi connectivity index (χ1n) is 11.8. The minimum absolute atomic E-state index is 0.124. The molecular weight excluding hydrogens is 506 g/mol. The maximum absolute atomic E-state index is 12.7. The van der Waals surface area contributed by atoms with E-state index in [0.717, 1.165) is 23.4 Å². The maximum Gasteiger partial charge on any atom is 0.243 e. The van der Waals surface area contributed by atoms with Crippen LogP contribution in [0.25, 0.3) is 0 Å². The van der Waals surface area contributed by atoms with Crippen molar-refractivity contribution in [2.75, 3.05) is 43.4 Å². The van der Waals surface area contributed by atoms with Crippen LogP contribution in [0.3, 0.4) is 0 Å². The average Bonchev–Trinajstić information content (AvgIpc) is 3.39. The van der Waals surface area contributed by atoms with Gasteiger partial charge in [0.25, 0.3) is 0 Å². The summed E-state index contributed by atoms with van der Waals surface area (Å²) in [7, 11) is -7.23. The van der Waals surface area contributed by atoms with E-state index >= 15 is 0 Å². The summed E-state index contributed by atoms with van der Waals surface area (Å²) in [6.45, 7) is 5.17. The third-order valence-electron chi connectivity index (χ3n) is 5.69. The fourth-order valence-corrected chi connectivity index (χ4v) is 6.63. The first kappa shape index (κ1) is 27.8. The smallest absolute Gasteiger partial charge is 0.243 e. The highest BCUT2D eigenvalue weighted by Gasteiger charge is 2.29. The van der Waals surface area contributed by atoms with E-state index in [1.54, 1.807) is 36.4 Å². The molecule has 12 heteroatoms. The van der Waals surface area contributed by atoms with Gasteiger partial charge in [-0.15, -0.1) is 0 Å². The molecule has 1 saturated heterocycles. The summed E-state index contributed by atoms with van der Waals surface area (Å²) in [5, 5.41) is 2.68. The van der Waals surface area contributed by atoms with Gasteiger partial charge in [0.1, 0.15) is 24.1 Å². The molecule has 10 nitrogen and oxygen atoms in total. The molecule has 0 aliphatic carbocycles. The zero-order valence-electron chi connectivity index (χ0n) is 20.7. The van der Waals surface area contributed by atoms with Crippen molar-refractivity contribution in [1.29, 1.82) is 0 Å². The van der Waals surface area contributed by atoms with E-state index in [4.69, 9.17) is 9.47 Å². The number of amides is 1. The predicted molar refractivity (Wildman–Crippen MR) is 137 cm³/mol. The lowest BCUT2D eigenvalue weighted by Gasteiger charge is -2.28. The number of carbonyl (C=O) groups is 1. The van der Waals surface area contributed by atoms with Gasteiger partial charge in [0.05, 0.1) is 30.0 Å². The fraction of sp³-hybridized carbons (Fsp3) is 0.458. The normalized spacial score (nSPS) is 15.3. The molecule has 2 aromatic carbocycles. The second-order valence-electron chi connectivity index (χ2n) is 8.38. The van der Waals surface area contributed by atoms with E-state index in [9.17, 15) is 21.6 Å². The van der Waals surface area contributed by atoms with Crippen molar-refractivity contribution in [3.05, 3.63) is 48.5 Å². The van der Waals surface area contributed by atoms with Gasteiger partial charge in [0, 0.05) is 13.1 Å². The lowest BCUT2D eigenvalue weighted by atomic mass is 10.2. The summed E-state index contributed by atoms with van der Waals surface area (Å²) in [6.07, 6.45) is 2.78. The molecular formula is C24H33N3O7S2. The van der Waals surface area contributed by atoms with E-state index in [1.807, 2.05) is 6.92 Å². The zero-order chi connectivity index (χ0) is 26.3. The van der Waals surface area contributed by atoms with Crippen LogP contribution in [-0.4, -0.2) is 72.2 Å². The van der Waals surface area contributed by atoms with Crippen LogP contribution >= 0.6 is 0 Å². The van der Waals surface area contributed by atoms with Gasteiger partial charge in [-0.05, 0) is 75.2 Å². The lowest BCUT2D eigenvalue weighted by molar-refractivity contribution is -0.121. The van der Waals surface area contributed by atoms with Gasteiger partial charge in [-0.3, -0.25) is 9.10 Å². The quantitative estimate of drug-likeness (QED) is 0.411. The largest absolute Gasteiger partial charge is 0.494 e. The van der Waals surface area contributed by atoms with Crippen LogP contribution in [0, 0.1) is 0 Å². The number of ether oxygens (including phenoxy) is 2. The molecule has 1 aliphatic heterocycles. The number of sulfonamides is 2. The molecule has 1 atom stereocenters. The van der Waals surface area contributed by atoms with Crippen molar-refractivity contribution in [3.8, 4) is 11.5 Å². The Bertz CT molecular complexity index is 1230. The molecule has 198 valence electrons. The lowest BCUT2D eigenvalue weighted by Crippen LogP contribution is -2.48. The van der Waals surface area contributed by atoms with Crippen LogP contribution in [0.15, 0.2) is 53.4 Å². The van der Waals surface area contributed by atoms with E-state index in [1.165, 1.54) is 23.4 Å². The number of nitrogens with zero attached hydrogens (tertiary/aromatic N) is 2. The van der Waals surface area contributed by atoms with Crippen LogP contribution in [-0.2, 0) is 24.8 Å². The Labute approximate surface area is 213 Å². The number of rotatable bonds is 12. The Balaban J connectivity index is 1.54. The van der Waals surface area contributed by atoms with Crippen LogP contribution < -0.4 is 19.1 Å². The molecule has 3 rings (SSSR count). The van der Waals surface area contributed by atoms with Crippen molar-refractivity contribution >= 4 is 31.6 Å². The van der Waals surface area contributed by atoms with E-state index < -0.39 is 32.0 Å². The van der Waals surface area contributed by atoms with E-state index in [-0.39, 0.29) is 18.0 Å². The molecule has 0 saturated carbocycles. The molecule has 0 aromatic heterocycles. The maximum atomic E-state index is 12.7. The van der Waals surface area contributed by atoms with Gasteiger partial charge in [-0.25, -0.2) is 16.8 Å². The summed E-state index contributed by atoms with van der Waals surface area (Å²) < 4.78 is 63.6. The van der Waals surface area contributed by atoms with Gasteiger partial charge in [-0.2, -0.15) is 4.31 Å². The third-order valence-corrected chi connectivity index (χ3v) is 8.84. The van der Waals surface area contributed by atoms with Crippen molar-refractivity contribution in [2.45, 2.75) is 37.6 Å². The van der Waals surface area contributed by atoms with Crippen molar-refractivity contribution in [3.63, 3.8) is 0 Å². The summed E-state index contributed by atoms with van der Waals surface area (Å²) in [5.74, 6) is 0.584. The Morgan fingerprint density at radius 2 is 1.53 bits per heavy atom. The fourth-order valence-electron chi connectivity index (χ4n) is 3.94. The predicted octanol–water partition coefficient (Wildman–Crippen LogP) is 2.22. The molecule has 1 aliphatic rings. The number of hydrogen-bond acceptors (Lipinski definition) is 7. The topological polar surface area (TPSA) is 122 Å². The van der Waals surface area contributed by atoms with Gasteiger partial charge in [0.15, 0.2) is 0 Å². The minimum atomic E-state index is -3.74. The number of benzene rings is 2. The van der Waals surface area contributed by atoms with Gasteiger partial charge >= 0.3 is 0 Å². The van der Waals surface area contributed by atoms with Crippen molar-refractivity contribution in [2.24, 2.45) is 0 Å². The highest BCUT2D eigenvalue weighted by Crippen LogP contribution is 2.25. The molecule has 1 fully saturated rings. The SMILES string of the molecule is CCOc1ccc(N([C@@H](C)C(=O)NCCOc2ccc(S(=O)(=O)N3CCCC3)cc2)S(C)(=O)=O)cc1. The molecule has 1 heterocycles. The van der Waals surface area contributed by atoms with Crippen LogP contribution in [0.2, 0.25) is 0 Å². The zero-order valence-corrected chi connectivity index (χ0v) is 22.3. The van der Waals surface area contributed by atoms with Crippen LogP contribution in [0.5, 0.6) is 11.5 Å².